The van der Waals surface area contributed by atoms with Crippen LogP contribution in [0.4, 0.5) is 4.79 Å². The van der Waals surface area contributed by atoms with Gasteiger partial charge in [-0.15, -0.1) is 0 Å². The molecule has 2 rings (SSSR count). The van der Waals surface area contributed by atoms with Gasteiger partial charge in [0, 0.05) is 6.42 Å². The van der Waals surface area contributed by atoms with Crippen molar-refractivity contribution in [2.45, 2.75) is 57.1 Å². The molecule has 7 nitrogen and oxygen atoms in total. The molecule has 0 aliphatic carbocycles. The first kappa shape index (κ1) is 19.4. The number of carbonyl (C=O) groups excluding carboxylic acids is 2. The summed E-state index contributed by atoms with van der Waals surface area (Å²) in [5.74, 6) is -0.393. The molecule has 0 aromatic heterocycles. The van der Waals surface area contributed by atoms with Crippen LogP contribution in [0.5, 0.6) is 0 Å². The molecular weight excluding hydrogens is 346 g/mol. The van der Waals surface area contributed by atoms with Crippen molar-refractivity contribution in [1.82, 2.24) is 4.90 Å². The van der Waals surface area contributed by atoms with Crippen LogP contribution in [-0.4, -0.2) is 43.6 Å². The number of hydrogen-bond acceptors (Lipinski definition) is 6. The number of aryl methyl sites for hydroxylation is 1. The summed E-state index contributed by atoms with van der Waals surface area (Å²) >= 11 is 0. The maximum absolute atomic E-state index is 12.2. The molecule has 1 fully saturated rings. The summed E-state index contributed by atoms with van der Waals surface area (Å²) in [7, 11) is -3.96. The molecule has 1 aromatic carbocycles. The number of nitrogens with zero attached hydrogens (tertiary/aromatic N) is 1. The van der Waals surface area contributed by atoms with Gasteiger partial charge in [0.15, 0.2) is 0 Å². The summed E-state index contributed by atoms with van der Waals surface area (Å²) in [6.45, 7) is 6.64. The van der Waals surface area contributed by atoms with Gasteiger partial charge in [-0.3, -0.25) is 8.98 Å². The lowest BCUT2D eigenvalue weighted by Gasteiger charge is -2.27. The van der Waals surface area contributed by atoms with Crippen LogP contribution >= 0.6 is 0 Å². The number of imide groups is 1. The molecule has 1 aliphatic heterocycles. The summed E-state index contributed by atoms with van der Waals surface area (Å²) in [5, 5.41) is 0. The van der Waals surface area contributed by atoms with Crippen LogP contribution < -0.4 is 0 Å². The van der Waals surface area contributed by atoms with Crippen molar-refractivity contribution in [2.24, 2.45) is 0 Å². The third-order valence-electron chi connectivity index (χ3n) is 3.64. The van der Waals surface area contributed by atoms with Crippen LogP contribution in [0, 0.1) is 6.92 Å². The number of benzene rings is 1. The third kappa shape index (κ3) is 5.02. The zero-order valence-corrected chi connectivity index (χ0v) is 15.6. The third-order valence-corrected chi connectivity index (χ3v) is 4.94. The van der Waals surface area contributed by atoms with Gasteiger partial charge in [0.2, 0.25) is 5.91 Å². The predicted molar refractivity (Wildman–Crippen MR) is 90.4 cm³/mol. The quantitative estimate of drug-likeness (QED) is 0.758. The zero-order chi connectivity index (χ0) is 18.8. The molecule has 2 amide bonds. The zero-order valence-electron chi connectivity index (χ0n) is 14.8. The van der Waals surface area contributed by atoms with E-state index >= 15 is 0 Å². The minimum atomic E-state index is -3.96. The minimum Gasteiger partial charge on any atom is -0.443 e. The van der Waals surface area contributed by atoms with Gasteiger partial charge >= 0.3 is 6.09 Å². The van der Waals surface area contributed by atoms with Gasteiger partial charge in [-0.1, -0.05) is 17.7 Å². The Kier molecular flexibility index (Phi) is 5.53. The summed E-state index contributed by atoms with van der Waals surface area (Å²) in [6, 6.07) is 5.58. The van der Waals surface area contributed by atoms with E-state index in [-0.39, 0.29) is 17.9 Å². The number of hydrogen-bond donors (Lipinski definition) is 0. The van der Waals surface area contributed by atoms with Gasteiger partial charge in [-0.25, -0.2) is 9.69 Å². The Morgan fingerprint density at radius 1 is 1.24 bits per heavy atom. The van der Waals surface area contributed by atoms with Crippen LogP contribution in [0.3, 0.4) is 0 Å². The van der Waals surface area contributed by atoms with Gasteiger partial charge < -0.3 is 4.74 Å². The number of ether oxygens (including phenoxy) is 1. The second-order valence-electron chi connectivity index (χ2n) is 6.99. The number of likely N-dealkylation sites (tertiary alicyclic amines) is 1. The van der Waals surface area contributed by atoms with Crippen molar-refractivity contribution >= 4 is 22.1 Å². The van der Waals surface area contributed by atoms with Crippen LogP contribution in [0.2, 0.25) is 0 Å². The summed E-state index contributed by atoms with van der Waals surface area (Å²) in [5.41, 5.74) is 0.177. The molecule has 0 N–H and O–H groups in total. The molecule has 1 heterocycles. The van der Waals surface area contributed by atoms with E-state index in [1.54, 1.807) is 32.9 Å². The van der Waals surface area contributed by atoms with E-state index in [1.165, 1.54) is 12.1 Å². The maximum Gasteiger partial charge on any atom is 0.417 e. The lowest BCUT2D eigenvalue weighted by Crippen LogP contribution is -2.44. The maximum atomic E-state index is 12.2. The lowest BCUT2D eigenvalue weighted by atomic mass is 10.2. The van der Waals surface area contributed by atoms with Crippen molar-refractivity contribution in [1.29, 1.82) is 0 Å². The lowest BCUT2D eigenvalue weighted by molar-refractivity contribution is -0.128. The second-order valence-corrected chi connectivity index (χ2v) is 8.60. The summed E-state index contributed by atoms with van der Waals surface area (Å²) in [6.07, 6.45) is -0.296. The molecule has 25 heavy (non-hydrogen) atoms. The molecule has 1 atom stereocenters. The highest BCUT2D eigenvalue weighted by Gasteiger charge is 2.39. The van der Waals surface area contributed by atoms with Gasteiger partial charge in [0.25, 0.3) is 10.1 Å². The molecule has 0 unspecified atom stereocenters. The fraction of sp³-hybridized carbons (Fsp3) is 0.529. The van der Waals surface area contributed by atoms with Crippen molar-refractivity contribution in [3.63, 3.8) is 0 Å². The van der Waals surface area contributed by atoms with E-state index in [1.807, 2.05) is 6.92 Å². The molecule has 1 aliphatic rings. The molecule has 0 spiro atoms. The summed E-state index contributed by atoms with van der Waals surface area (Å²) in [4.78, 5) is 25.1. The standard InChI is InChI=1S/C17H23NO6S/c1-12-5-8-14(9-6-12)25(21,22)23-11-13-7-10-15(19)18(13)16(20)24-17(2,3)4/h5-6,8-9,13H,7,10-11H2,1-4H3/t13-/m0/s1. The Morgan fingerprint density at radius 2 is 1.84 bits per heavy atom. The van der Waals surface area contributed by atoms with E-state index in [4.69, 9.17) is 8.92 Å². The van der Waals surface area contributed by atoms with Crippen LogP contribution in [0.15, 0.2) is 29.2 Å². The smallest absolute Gasteiger partial charge is 0.417 e. The Labute approximate surface area is 148 Å². The average Bonchev–Trinajstić information content (AvgIpc) is 2.85. The van der Waals surface area contributed by atoms with Gasteiger partial charge in [-0.05, 0) is 46.2 Å². The molecule has 0 saturated carbocycles. The molecule has 1 aromatic rings. The summed E-state index contributed by atoms with van der Waals surface area (Å²) < 4.78 is 34.8. The predicted octanol–water partition coefficient (Wildman–Crippen LogP) is 2.63. The van der Waals surface area contributed by atoms with Gasteiger partial charge in [-0.2, -0.15) is 8.42 Å². The van der Waals surface area contributed by atoms with Gasteiger partial charge in [0.05, 0.1) is 17.5 Å². The number of amides is 2. The largest absolute Gasteiger partial charge is 0.443 e. The van der Waals surface area contributed by atoms with Crippen molar-refractivity contribution in [3.8, 4) is 0 Å². The Hall–Kier alpha value is -1.93. The SMILES string of the molecule is Cc1ccc(S(=O)(=O)OC[C@@H]2CCC(=O)N2C(=O)OC(C)(C)C)cc1. The molecule has 8 heteroatoms. The van der Waals surface area contributed by atoms with E-state index in [0.717, 1.165) is 10.5 Å². The molecule has 0 radical (unpaired) electrons. The van der Waals surface area contributed by atoms with Crippen LogP contribution in [-0.2, 0) is 23.8 Å². The first-order valence-electron chi connectivity index (χ1n) is 8.01. The second kappa shape index (κ2) is 7.13. The van der Waals surface area contributed by atoms with Crippen molar-refractivity contribution in [3.05, 3.63) is 29.8 Å². The highest BCUT2D eigenvalue weighted by Crippen LogP contribution is 2.24. The first-order chi connectivity index (χ1) is 11.5. The molecular formula is C17H23NO6S. The first-order valence-corrected chi connectivity index (χ1v) is 9.41. The molecule has 138 valence electrons. The van der Waals surface area contributed by atoms with Crippen LogP contribution in [0.25, 0.3) is 0 Å². The Balaban J connectivity index is 2.07. The Morgan fingerprint density at radius 3 is 2.40 bits per heavy atom. The fourth-order valence-electron chi connectivity index (χ4n) is 2.40. The van der Waals surface area contributed by atoms with Crippen molar-refractivity contribution in [2.75, 3.05) is 6.61 Å². The molecule has 1 saturated heterocycles. The molecule has 0 bridgehead atoms. The minimum absolute atomic E-state index is 0.0336. The van der Waals surface area contributed by atoms with E-state index < -0.39 is 33.8 Å². The van der Waals surface area contributed by atoms with Crippen LogP contribution in [0.1, 0.15) is 39.2 Å². The normalized spacial score (nSPS) is 18.5. The average molecular weight is 369 g/mol. The number of carbonyl (C=O) groups is 2. The Bertz CT molecular complexity index is 748. The highest BCUT2D eigenvalue weighted by molar-refractivity contribution is 7.86. The van der Waals surface area contributed by atoms with Gasteiger partial charge in [0.1, 0.15) is 5.60 Å². The highest BCUT2D eigenvalue weighted by atomic mass is 32.2. The van der Waals surface area contributed by atoms with Crippen molar-refractivity contribution < 1.29 is 26.9 Å². The number of rotatable bonds is 4. The monoisotopic (exact) mass is 369 g/mol. The van der Waals surface area contributed by atoms with E-state index in [2.05, 4.69) is 0 Å². The van der Waals surface area contributed by atoms with E-state index in [9.17, 15) is 18.0 Å². The fourth-order valence-corrected chi connectivity index (χ4v) is 3.35. The van der Waals surface area contributed by atoms with E-state index in [0.29, 0.717) is 6.42 Å². The topological polar surface area (TPSA) is 90.0 Å².